The van der Waals surface area contributed by atoms with Crippen molar-refractivity contribution >= 4 is 23.4 Å². The molecule has 0 radical (unpaired) electrons. The van der Waals surface area contributed by atoms with Crippen molar-refractivity contribution in [3.8, 4) is 5.75 Å². The topological polar surface area (TPSA) is 91.4 Å². The second-order valence-electron chi connectivity index (χ2n) is 9.39. The highest BCUT2D eigenvalue weighted by Gasteiger charge is 2.30. The number of nitrogens with one attached hydrogen (secondary N) is 1. The number of amides is 3. The van der Waals surface area contributed by atoms with Gasteiger partial charge in [-0.25, -0.2) is 0 Å². The van der Waals surface area contributed by atoms with Gasteiger partial charge in [-0.05, 0) is 45.6 Å². The molecule has 0 saturated carbocycles. The normalized spacial score (nSPS) is 21.9. The Kier molecular flexibility index (Phi) is 10.3. The molecular weight excluding hydrogens is 436 g/mol. The monoisotopic (exact) mass is 476 g/mol. The van der Waals surface area contributed by atoms with Crippen LogP contribution in [-0.4, -0.2) is 99.1 Å². The summed E-state index contributed by atoms with van der Waals surface area (Å²) < 4.78 is 11.8. The highest BCUT2D eigenvalue weighted by atomic mass is 16.5. The van der Waals surface area contributed by atoms with E-state index in [1.54, 1.807) is 37.3 Å². The van der Waals surface area contributed by atoms with Gasteiger partial charge in [0.1, 0.15) is 12.4 Å². The van der Waals surface area contributed by atoms with E-state index in [-0.39, 0.29) is 42.4 Å². The first kappa shape index (κ1) is 27.6. The Labute approximate surface area is 203 Å². The summed E-state index contributed by atoms with van der Waals surface area (Å²) in [7, 11) is 7.07. The molecule has 9 nitrogen and oxygen atoms in total. The fourth-order valence-corrected chi connectivity index (χ4v) is 4.01. The van der Waals surface area contributed by atoms with Gasteiger partial charge in [0.05, 0.1) is 24.3 Å². The molecule has 0 unspecified atom stereocenters. The SMILES string of the molecule is CCCC(=O)Nc1ccc2c(c1)C(=O)N(C)C[C@@H](OC)[C@@H](C)CN(C(=O)CN(C)C)[C@H](C)CO2. The van der Waals surface area contributed by atoms with E-state index in [0.29, 0.717) is 43.1 Å². The van der Waals surface area contributed by atoms with Gasteiger partial charge in [-0.2, -0.15) is 0 Å². The van der Waals surface area contributed by atoms with Crippen molar-refractivity contribution in [3.05, 3.63) is 23.8 Å². The van der Waals surface area contributed by atoms with E-state index in [4.69, 9.17) is 9.47 Å². The molecule has 0 aliphatic carbocycles. The Hall–Kier alpha value is -2.65. The Morgan fingerprint density at radius 2 is 1.94 bits per heavy atom. The molecule has 34 heavy (non-hydrogen) atoms. The molecule has 0 saturated heterocycles. The number of ether oxygens (including phenoxy) is 2. The first-order chi connectivity index (χ1) is 16.1. The summed E-state index contributed by atoms with van der Waals surface area (Å²) in [6.45, 7) is 7.28. The largest absolute Gasteiger partial charge is 0.491 e. The molecule has 1 aromatic carbocycles. The van der Waals surface area contributed by atoms with Crippen LogP contribution in [0.2, 0.25) is 0 Å². The van der Waals surface area contributed by atoms with Crippen molar-refractivity contribution in [2.75, 3.05) is 59.8 Å². The lowest BCUT2D eigenvalue weighted by Crippen LogP contribution is -2.50. The van der Waals surface area contributed by atoms with Crippen molar-refractivity contribution in [1.82, 2.24) is 14.7 Å². The van der Waals surface area contributed by atoms with Crippen molar-refractivity contribution in [1.29, 1.82) is 0 Å². The van der Waals surface area contributed by atoms with Crippen LogP contribution in [0.15, 0.2) is 18.2 Å². The minimum Gasteiger partial charge on any atom is -0.491 e. The van der Waals surface area contributed by atoms with Gasteiger partial charge in [0.25, 0.3) is 5.91 Å². The predicted molar refractivity (Wildman–Crippen MR) is 132 cm³/mol. The molecule has 0 spiro atoms. The first-order valence-electron chi connectivity index (χ1n) is 11.9. The van der Waals surface area contributed by atoms with E-state index in [1.165, 1.54) is 0 Å². The van der Waals surface area contributed by atoms with Crippen LogP contribution in [0.3, 0.4) is 0 Å². The summed E-state index contributed by atoms with van der Waals surface area (Å²) in [5, 5.41) is 2.84. The van der Waals surface area contributed by atoms with Crippen LogP contribution in [0.25, 0.3) is 0 Å². The summed E-state index contributed by atoms with van der Waals surface area (Å²) in [6, 6.07) is 4.86. The summed E-state index contributed by atoms with van der Waals surface area (Å²) in [5.41, 5.74) is 0.903. The summed E-state index contributed by atoms with van der Waals surface area (Å²) in [6.07, 6.45) is 0.884. The molecule has 1 N–H and O–H groups in total. The van der Waals surface area contributed by atoms with Crippen LogP contribution in [-0.2, 0) is 14.3 Å². The molecule has 1 aliphatic rings. The van der Waals surface area contributed by atoms with Crippen molar-refractivity contribution in [2.45, 2.75) is 45.8 Å². The molecule has 0 aromatic heterocycles. The minimum absolute atomic E-state index is 0.00706. The smallest absolute Gasteiger partial charge is 0.257 e. The lowest BCUT2D eigenvalue weighted by atomic mass is 10.0. The minimum atomic E-state index is -0.257. The van der Waals surface area contributed by atoms with Crippen molar-refractivity contribution in [2.24, 2.45) is 5.92 Å². The number of carbonyl (C=O) groups excluding carboxylic acids is 3. The highest BCUT2D eigenvalue weighted by molar-refractivity contribution is 5.99. The molecule has 9 heteroatoms. The van der Waals surface area contributed by atoms with Gasteiger partial charge in [-0.3, -0.25) is 14.4 Å². The van der Waals surface area contributed by atoms with E-state index >= 15 is 0 Å². The number of methoxy groups -OCH3 is 1. The Bertz CT molecular complexity index is 860. The zero-order valence-electron chi connectivity index (χ0n) is 21.6. The van der Waals surface area contributed by atoms with E-state index in [2.05, 4.69) is 5.32 Å². The van der Waals surface area contributed by atoms with Crippen molar-refractivity contribution < 1.29 is 23.9 Å². The summed E-state index contributed by atoms with van der Waals surface area (Å²) >= 11 is 0. The van der Waals surface area contributed by atoms with Gasteiger partial charge < -0.3 is 29.5 Å². The molecular formula is C25H40N4O5. The fraction of sp³-hybridized carbons (Fsp3) is 0.640. The quantitative estimate of drug-likeness (QED) is 0.678. The lowest BCUT2D eigenvalue weighted by Gasteiger charge is -2.36. The van der Waals surface area contributed by atoms with E-state index in [9.17, 15) is 14.4 Å². The zero-order chi connectivity index (χ0) is 25.4. The van der Waals surface area contributed by atoms with Crippen LogP contribution in [0.5, 0.6) is 5.75 Å². The van der Waals surface area contributed by atoms with Gasteiger partial charge >= 0.3 is 0 Å². The van der Waals surface area contributed by atoms with E-state index in [0.717, 1.165) is 6.42 Å². The third-order valence-corrected chi connectivity index (χ3v) is 5.98. The molecule has 190 valence electrons. The molecule has 0 bridgehead atoms. The molecule has 1 heterocycles. The van der Waals surface area contributed by atoms with Crippen LogP contribution in [0.4, 0.5) is 5.69 Å². The van der Waals surface area contributed by atoms with Gasteiger partial charge in [-0.15, -0.1) is 0 Å². The average molecular weight is 477 g/mol. The lowest BCUT2D eigenvalue weighted by molar-refractivity contribution is -0.136. The standard InChI is InChI=1S/C25H40N4O5/c1-8-9-23(30)26-19-10-11-21-20(12-19)25(32)28(6)14-22(33-7)17(2)13-29(18(3)16-34-21)24(31)15-27(4)5/h10-12,17-18,22H,8-9,13-16H2,1-7H3,(H,26,30)/t17-,18+,22+/m0/s1. The number of hydrogen-bond donors (Lipinski definition) is 1. The molecule has 1 aliphatic heterocycles. The third kappa shape index (κ3) is 7.43. The number of nitrogens with zero attached hydrogens (tertiary/aromatic N) is 3. The number of fused-ring (bicyclic) bond motifs is 1. The van der Waals surface area contributed by atoms with Crippen LogP contribution < -0.4 is 10.1 Å². The molecule has 1 aromatic rings. The summed E-state index contributed by atoms with van der Waals surface area (Å²) in [4.78, 5) is 43.7. The maximum atomic E-state index is 13.4. The number of hydrogen-bond acceptors (Lipinski definition) is 6. The number of carbonyl (C=O) groups is 3. The number of rotatable bonds is 6. The second kappa shape index (κ2) is 12.7. The Morgan fingerprint density at radius 3 is 2.56 bits per heavy atom. The highest BCUT2D eigenvalue weighted by Crippen LogP contribution is 2.26. The zero-order valence-corrected chi connectivity index (χ0v) is 21.6. The van der Waals surface area contributed by atoms with E-state index < -0.39 is 0 Å². The molecule has 0 fully saturated rings. The number of benzene rings is 1. The maximum Gasteiger partial charge on any atom is 0.257 e. The third-order valence-electron chi connectivity index (χ3n) is 5.98. The summed E-state index contributed by atoms with van der Waals surface area (Å²) in [5.74, 6) is 0.101. The fourth-order valence-electron chi connectivity index (χ4n) is 4.01. The van der Waals surface area contributed by atoms with Gasteiger partial charge in [-0.1, -0.05) is 13.8 Å². The van der Waals surface area contributed by atoms with Gasteiger partial charge in [0.2, 0.25) is 11.8 Å². The Morgan fingerprint density at radius 1 is 1.24 bits per heavy atom. The predicted octanol–water partition coefficient (Wildman–Crippen LogP) is 2.32. The molecule has 3 atom stereocenters. The van der Waals surface area contributed by atoms with Crippen molar-refractivity contribution in [3.63, 3.8) is 0 Å². The van der Waals surface area contributed by atoms with Crippen LogP contribution >= 0.6 is 0 Å². The number of likely N-dealkylation sites (N-methyl/N-ethyl adjacent to an activating group) is 2. The second-order valence-corrected chi connectivity index (χ2v) is 9.39. The van der Waals surface area contributed by atoms with E-state index in [1.807, 2.05) is 44.7 Å². The van der Waals surface area contributed by atoms with Gasteiger partial charge in [0, 0.05) is 45.3 Å². The van der Waals surface area contributed by atoms with Gasteiger partial charge in [0.15, 0.2) is 0 Å². The first-order valence-corrected chi connectivity index (χ1v) is 11.9. The Balaban J connectivity index is 2.42. The molecule has 2 rings (SSSR count). The average Bonchev–Trinajstić information content (AvgIpc) is 2.77. The molecule has 3 amide bonds. The maximum absolute atomic E-state index is 13.4. The van der Waals surface area contributed by atoms with Crippen LogP contribution in [0.1, 0.15) is 44.0 Å². The number of anilines is 1. The van der Waals surface area contributed by atoms with Crippen LogP contribution in [0, 0.1) is 5.92 Å².